The summed E-state index contributed by atoms with van der Waals surface area (Å²) in [6.45, 7) is 0.441. The van der Waals surface area contributed by atoms with E-state index >= 15 is 0 Å². The first-order valence-corrected chi connectivity index (χ1v) is 11.2. The first-order valence-electron chi connectivity index (χ1n) is 7.90. The SMILES string of the molecule is CN(C)S(=O)(=O)c1ccc(SCC(=O)NC(=O)NCCc2cccs2)nc1. The second-order valence-electron chi connectivity index (χ2n) is 5.54. The highest BCUT2D eigenvalue weighted by atomic mass is 32.2. The molecule has 0 aromatic carbocycles. The van der Waals surface area contributed by atoms with E-state index in [1.165, 1.54) is 32.4 Å². The molecule has 0 aliphatic carbocycles. The second kappa shape index (κ2) is 9.83. The fourth-order valence-corrected chi connectivity index (χ4v) is 4.12. The molecule has 0 saturated heterocycles. The molecule has 27 heavy (non-hydrogen) atoms. The standard InChI is InChI=1S/C16H20N4O4S3/c1-20(2)27(23,24)13-5-6-15(18-10-13)26-11-14(21)19-16(22)17-8-7-12-4-3-9-25-12/h3-6,9-10H,7-8,11H2,1-2H3,(H2,17,19,21,22). The van der Waals surface area contributed by atoms with Crippen molar-refractivity contribution in [3.8, 4) is 0 Å². The Morgan fingerprint density at radius 2 is 2.04 bits per heavy atom. The minimum Gasteiger partial charge on any atom is -0.337 e. The van der Waals surface area contributed by atoms with Crippen molar-refractivity contribution in [1.82, 2.24) is 19.9 Å². The van der Waals surface area contributed by atoms with Crippen LogP contribution in [0.1, 0.15) is 4.88 Å². The third-order valence-corrected chi connectivity index (χ3v) is 7.01. The zero-order valence-electron chi connectivity index (χ0n) is 14.8. The van der Waals surface area contributed by atoms with Gasteiger partial charge in [0.05, 0.1) is 10.8 Å². The lowest BCUT2D eigenvalue weighted by molar-refractivity contribution is -0.117. The maximum Gasteiger partial charge on any atom is 0.321 e. The fraction of sp³-hybridized carbons (Fsp3) is 0.312. The largest absolute Gasteiger partial charge is 0.337 e. The van der Waals surface area contributed by atoms with Crippen LogP contribution in [-0.2, 0) is 21.2 Å². The van der Waals surface area contributed by atoms with Crippen LogP contribution in [0.5, 0.6) is 0 Å². The number of thiophene rings is 1. The van der Waals surface area contributed by atoms with E-state index in [2.05, 4.69) is 15.6 Å². The summed E-state index contributed by atoms with van der Waals surface area (Å²) in [5.74, 6) is -0.467. The average molecular weight is 429 g/mol. The van der Waals surface area contributed by atoms with Gasteiger partial charge in [-0.05, 0) is 30.0 Å². The van der Waals surface area contributed by atoms with Gasteiger partial charge in [0.1, 0.15) is 4.90 Å². The third-order valence-electron chi connectivity index (χ3n) is 3.33. The molecule has 3 amide bonds. The van der Waals surface area contributed by atoms with Crippen molar-refractivity contribution in [3.63, 3.8) is 0 Å². The van der Waals surface area contributed by atoms with Gasteiger partial charge in [-0.3, -0.25) is 10.1 Å². The number of urea groups is 1. The van der Waals surface area contributed by atoms with Crippen molar-refractivity contribution in [2.24, 2.45) is 0 Å². The number of carbonyl (C=O) groups excluding carboxylic acids is 2. The molecule has 0 atom stereocenters. The molecule has 2 heterocycles. The Balaban J connectivity index is 1.74. The lowest BCUT2D eigenvalue weighted by Crippen LogP contribution is -2.41. The van der Waals surface area contributed by atoms with Gasteiger partial charge >= 0.3 is 6.03 Å². The molecule has 0 aliphatic heterocycles. The molecular formula is C16H20N4O4S3. The smallest absolute Gasteiger partial charge is 0.321 e. The Labute approximate surface area is 166 Å². The molecule has 2 N–H and O–H groups in total. The topological polar surface area (TPSA) is 108 Å². The van der Waals surface area contributed by atoms with Crippen molar-refractivity contribution in [3.05, 3.63) is 40.7 Å². The van der Waals surface area contributed by atoms with Crippen molar-refractivity contribution < 1.29 is 18.0 Å². The molecule has 0 fully saturated rings. The molecule has 8 nitrogen and oxygen atoms in total. The summed E-state index contributed by atoms with van der Waals surface area (Å²) < 4.78 is 25.0. The van der Waals surface area contributed by atoms with Gasteiger partial charge in [0, 0.05) is 31.7 Å². The maximum atomic E-state index is 12.0. The summed E-state index contributed by atoms with van der Waals surface area (Å²) in [6.07, 6.45) is 1.95. The molecule has 11 heteroatoms. The molecular weight excluding hydrogens is 408 g/mol. The zero-order valence-corrected chi connectivity index (χ0v) is 17.3. The van der Waals surface area contributed by atoms with Crippen molar-refractivity contribution in [2.75, 3.05) is 26.4 Å². The van der Waals surface area contributed by atoms with Crippen molar-refractivity contribution in [2.45, 2.75) is 16.3 Å². The van der Waals surface area contributed by atoms with E-state index in [0.29, 0.717) is 18.0 Å². The highest BCUT2D eigenvalue weighted by Crippen LogP contribution is 2.18. The number of hydrogen-bond donors (Lipinski definition) is 2. The molecule has 0 saturated carbocycles. The maximum absolute atomic E-state index is 12.0. The molecule has 146 valence electrons. The minimum absolute atomic E-state index is 0.00881. The van der Waals surface area contributed by atoms with Gasteiger partial charge in [-0.15, -0.1) is 11.3 Å². The molecule has 2 aromatic rings. The Hall–Kier alpha value is -1.95. The highest BCUT2D eigenvalue weighted by Gasteiger charge is 2.17. The van der Waals surface area contributed by atoms with Crippen LogP contribution in [0.4, 0.5) is 4.79 Å². The summed E-state index contributed by atoms with van der Waals surface area (Å²) in [5, 5.41) is 7.32. The van der Waals surface area contributed by atoms with Crippen LogP contribution >= 0.6 is 23.1 Å². The van der Waals surface area contributed by atoms with E-state index in [0.717, 1.165) is 20.9 Å². The highest BCUT2D eigenvalue weighted by molar-refractivity contribution is 7.99. The van der Waals surface area contributed by atoms with Gasteiger partial charge in [-0.2, -0.15) is 0 Å². The van der Waals surface area contributed by atoms with Gasteiger partial charge in [-0.1, -0.05) is 17.8 Å². The first-order chi connectivity index (χ1) is 12.8. The molecule has 0 radical (unpaired) electrons. The Morgan fingerprint density at radius 1 is 1.26 bits per heavy atom. The Kier molecular flexibility index (Phi) is 7.78. The fourth-order valence-electron chi connectivity index (χ4n) is 1.92. The van der Waals surface area contributed by atoms with Crippen LogP contribution < -0.4 is 10.6 Å². The van der Waals surface area contributed by atoms with Crippen LogP contribution in [-0.4, -0.2) is 56.0 Å². The molecule has 0 aliphatic rings. The number of hydrogen-bond acceptors (Lipinski definition) is 7. The first kappa shape index (κ1) is 21.4. The molecule has 2 rings (SSSR count). The van der Waals surface area contributed by atoms with Crippen LogP contribution in [0.15, 0.2) is 45.8 Å². The average Bonchev–Trinajstić information content (AvgIpc) is 3.13. The summed E-state index contributed by atoms with van der Waals surface area (Å²) in [7, 11) is -0.659. The molecule has 2 aromatic heterocycles. The number of carbonyl (C=O) groups is 2. The number of pyridine rings is 1. The molecule has 0 spiro atoms. The minimum atomic E-state index is -3.54. The zero-order chi connectivity index (χ0) is 19.9. The third kappa shape index (κ3) is 6.61. The second-order valence-corrected chi connectivity index (χ2v) is 9.72. The van der Waals surface area contributed by atoms with E-state index in [-0.39, 0.29) is 10.6 Å². The monoisotopic (exact) mass is 428 g/mol. The quantitative estimate of drug-likeness (QED) is 0.618. The summed E-state index contributed by atoms with van der Waals surface area (Å²) >= 11 is 2.72. The van der Waals surface area contributed by atoms with Crippen molar-refractivity contribution >= 4 is 45.1 Å². The number of nitrogens with zero attached hydrogens (tertiary/aromatic N) is 2. The molecule has 0 bridgehead atoms. The van der Waals surface area contributed by atoms with Gasteiger partial charge in [-0.25, -0.2) is 22.5 Å². The Morgan fingerprint density at radius 3 is 2.63 bits per heavy atom. The van der Waals surface area contributed by atoms with E-state index in [1.54, 1.807) is 11.3 Å². The predicted molar refractivity (Wildman–Crippen MR) is 105 cm³/mol. The normalized spacial score (nSPS) is 11.4. The van der Waals surface area contributed by atoms with Gasteiger partial charge in [0.2, 0.25) is 15.9 Å². The van der Waals surface area contributed by atoms with Crippen LogP contribution in [0.3, 0.4) is 0 Å². The van der Waals surface area contributed by atoms with Crippen molar-refractivity contribution in [1.29, 1.82) is 0 Å². The number of sulfonamides is 1. The number of thioether (sulfide) groups is 1. The summed E-state index contributed by atoms with van der Waals surface area (Å²) in [6, 6.07) is 6.33. The van der Waals surface area contributed by atoms with Gasteiger partial charge in [0.25, 0.3) is 0 Å². The van der Waals surface area contributed by atoms with Gasteiger partial charge in [0.15, 0.2) is 0 Å². The Bertz CT molecular complexity index is 866. The lowest BCUT2D eigenvalue weighted by atomic mass is 10.3. The summed E-state index contributed by atoms with van der Waals surface area (Å²) in [4.78, 5) is 28.8. The summed E-state index contributed by atoms with van der Waals surface area (Å²) in [5.41, 5.74) is 0. The van der Waals surface area contributed by atoms with Gasteiger partial charge < -0.3 is 5.32 Å². The predicted octanol–water partition coefficient (Wildman–Crippen LogP) is 1.55. The van der Waals surface area contributed by atoms with E-state index in [9.17, 15) is 18.0 Å². The van der Waals surface area contributed by atoms with Crippen LogP contribution in [0, 0.1) is 0 Å². The van der Waals surface area contributed by atoms with Crippen LogP contribution in [0.25, 0.3) is 0 Å². The number of aromatic nitrogens is 1. The van der Waals surface area contributed by atoms with E-state index in [4.69, 9.17) is 0 Å². The lowest BCUT2D eigenvalue weighted by Gasteiger charge is -2.11. The number of imide groups is 1. The van der Waals surface area contributed by atoms with E-state index < -0.39 is 22.0 Å². The van der Waals surface area contributed by atoms with Crippen LogP contribution in [0.2, 0.25) is 0 Å². The molecule has 0 unspecified atom stereocenters. The number of nitrogens with one attached hydrogen (secondary N) is 2. The van der Waals surface area contributed by atoms with E-state index in [1.807, 2.05) is 17.5 Å². The number of rotatable bonds is 8. The number of amides is 3.